The van der Waals surface area contributed by atoms with E-state index in [1.54, 1.807) is 37.3 Å². The number of hydrogen-bond donors (Lipinski definition) is 1. The number of anilines is 1. The van der Waals surface area contributed by atoms with Gasteiger partial charge in [-0.2, -0.15) is 0 Å². The van der Waals surface area contributed by atoms with Crippen molar-refractivity contribution in [3.63, 3.8) is 0 Å². The van der Waals surface area contributed by atoms with Crippen LogP contribution in [0.2, 0.25) is 0 Å². The summed E-state index contributed by atoms with van der Waals surface area (Å²) in [6.45, 7) is 1.96. The van der Waals surface area contributed by atoms with E-state index in [-0.39, 0.29) is 12.4 Å². The Hall–Kier alpha value is -2.19. The zero-order valence-electron chi connectivity index (χ0n) is 15.0. The monoisotopic (exact) mass is 407 g/mol. The zero-order chi connectivity index (χ0) is 19.4. The van der Waals surface area contributed by atoms with E-state index in [1.807, 2.05) is 0 Å². The fraction of sp³-hybridized carbons (Fsp3) is 0.368. The number of carbonyl (C=O) groups excluding carboxylic acids is 2. The Balaban J connectivity index is 1.73. The van der Waals surface area contributed by atoms with Crippen LogP contribution in [0.1, 0.15) is 39.7 Å². The first kappa shape index (κ1) is 19.6. The molecule has 1 aliphatic rings. The van der Waals surface area contributed by atoms with Crippen LogP contribution in [0.25, 0.3) is 0 Å². The molecule has 0 atom stereocenters. The number of benzene rings is 1. The highest BCUT2D eigenvalue weighted by Gasteiger charge is 2.29. The second kappa shape index (κ2) is 8.22. The van der Waals surface area contributed by atoms with Crippen LogP contribution in [-0.2, 0) is 38.0 Å². The quantitative estimate of drug-likeness (QED) is 0.713. The summed E-state index contributed by atoms with van der Waals surface area (Å²) in [7, 11) is -3.62. The number of fused-ring (bicyclic) bond motifs is 1. The number of carbonyl (C=O) groups is 2. The molecule has 0 unspecified atom stereocenters. The van der Waals surface area contributed by atoms with Crippen molar-refractivity contribution in [3.05, 3.63) is 51.9 Å². The first-order valence-corrected chi connectivity index (χ1v) is 11.4. The lowest BCUT2D eigenvalue weighted by atomic mass is 10.1. The Morgan fingerprint density at radius 2 is 1.93 bits per heavy atom. The van der Waals surface area contributed by atoms with Gasteiger partial charge in [-0.1, -0.05) is 30.3 Å². The van der Waals surface area contributed by atoms with Gasteiger partial charge in [-0.3, -0.25) is 4.79 Å². The van der Waals surface area contributed by atoms with E-state index in [0.29, 0.717) is 16.1 Å². The number of esters is 1. The van der Waals surface area contributed by atoms with Crippen LogP contribution in [-0.4, -0.2) is 32.7 Å². The Morgan fingerprint density at radius 1 is 1.19 bits per heavy atom. The first-order valence-electron chi connectivity index (χ1n) is 8.75. The molecule has 3 rings (SSSR count). The molecule has 0 fully saturated rings. The summed E-state index contributed by atoms with van der Waals surface area (Å²) in [6, 6.07) is 8.72. The summed E-state index contributed by atoms with van der Waals surface area (Å²) < 4.78 is 29.7. The summed E-state index contributed by atoms with van der Waals surface area (Å²) in [5, 5.41) is 3.01. The molecule has 0 bridgehead atoms. The Morgan fingerprint density at radius 3 is 2.63 bits per heavy atom. The van der Waals surface area contributed by atoms with Crippen molar-refractivity contribution in [3.8, 4) is 0 Å². The molecule has 2 aromatic rings. The van der Waals surface area contributed by atoms with Crippen LogP contribution < -0.4 is 5.32 Å². The number of rotatable bonds is 7. The van der Waals surface area contributed by atoms with Crippen molar-refractivity contribution in [2.45, 2.75) is 31.9 Å². The number of aryl methyl sites for hydroxylation is 1. The molecule has 0 radical (unpaired) electrons. The molecule has 6 nitrogen and oxygen atoms in total. The van der Waals surface area contributed by atoms with Gasteiger partial charge >= 0.3 is 5.97 Å². The predicted molar refractivity (Wildman–Crippen MR) is 105 cm³/mol. The summed E-state index contributed by atoms with van der Waals surface area (Å²) in [6.07, 6.45) is 2.59. The van der Waals surface area contributed by atoms with Crippen molar-refractivity contribution >= 4 is 38.1 Å². The van der Waals surface area contributed by atoms with Gasteiger partial charge in [0, 0.05) is 4.88 Å². The van der Waals surface area contributed by atoms with Gasteiger partial charge in [0.25, 0.3) is 0 Å². The third-order valence-corrected chi connectivity index (χ3v) is 6.92. The molecule has 0 saturated carbocycles. The molecule has 1 aromatic carbocycles. The van der Waals surface area contributed by atoms with Crippen molar-refractivity contribution in [1.82, 2.24) is 0 Å². The summed E-state index contributed by atoms with van der Waals surface area (Å²) in [5.41, 5.74) is 1.93. The van der Waals surface area contributed by atoms with Gasteiger partial charge in [-0.25, -0.2) is 13.2 Å². The van der Waals surface area contributed by atoms with E-state index in [0.717, 1.165) is 29.7 Å². The van der Waals surface area contributed by atoms with E-state index in [4.69, 9.17) is 4.74 Å². The van der Waals surface area contributed by atoms with Crippen LogP contribution in [0, 0.1) is 0 Å². The number of ether oxygens (including phenoxy) is 1. The highest BCUT2D eigenvalue weighted by atomic mass is 32.2. The summed E-state index contributed by atoms with van der Waals surface area (Å²) in [4.78, 5) is 25.7. The number of nitrogens with one attached hydrogen (secondary N) is 1. The number of hydrogen-bond acceptors (Lipinski definition) is 6. The van der Waals surface area contributed by atoms with Gasteiger partial charge in [0.1, 0.15) is 10.8 Å². The van der Waals surface area contributed by atoms with Crippen LogP contribution in [0.5, 0.6) is 0 Å². The maximum Gasteiger partial charge on any atom is 0.341 e. The lowest BCUT2D eigenvalue weighted by Crippen LogP contribution is -2.24. The third-order valence-electron chi connectivity index (χ3n) is 4.23. The number of amides is 1. The maximum absolute atomic E-state index is 12.3. The molecule has 1 aliphatic carbocycles. The van der Waals surface area contributed by atoms with Crippen molar-refractivity contribution < 1.29 is 22.7 Å². The van der Waals surface area contributed by atoms with E-state index in [1.165, 1.54) is 11.3 Å². The molecule has 1 heterocycles. The van der Waals surface area contributed by atoms with Crippen LogP contribution in [0.3, 0.4) is 0 Å². The Kier molecular flexibility index (Phi) is 5.96. The molecule has 1 aromatic heterocycles. The van der Waals surface area contributed by atoms with Crippen LogP contribution in [0.4, 0.5) is 5.00 Å². The van der Waals surface area contributed by atoms with Gasteiger partial charge < -0.3 is 10.1 Å². The minimum absolute atomic E-state index is 0.201. The van der Waals surface area contributed by atoms with E-state index in [2.05, 4.69) is 5.32 Å². The Bertz CT molecular complexity index is 948. The number of thiophene rings is 1. The topological polar surface area (TPSA) is 89.5 Å². The van der Waals surface area contributed by atoms with Crippen molar-refractivity contribution in [1.29, 1.82) is 0 Å². The second-order valence-electron chi connectivity index (χ2n) is 6.35. The van der Waals surface area contributed by atoms with Gasteiger partial charge in [-0.05, 0) is 37.3 Å². The number of sulfone groups is 1. The summed E-state index contributed by atoms with van der Waals surface area (Å²) >= 11 is 1.33. The molecule has 0 saturated heterocycles. The normalized spacial score (nSPS) is 13.2. The van der Waals surface area contributed by atoms with Gasteiger partial charge in [0.15, 0.2) is 9.84 Å². The average Bonchev–Trinajstić information content (AvgIpc) is 3.15. The predicted octanol–water partition coefficient (Wildman–Crippen LogP) is 2.97. The van der Waals surface area contributed by atoms with E-state index in [9.17, 15) is 18.0 Å². The maximum atomic E-state index is 12.3. The molecule has 144 valence electrons. The average molecular weight is 408 g/mol. The smallest absolute Gasteiger partial charge is 0.341 e. The van der Waals surface area contributed by atoms with Crippen molar-refractivity contribution in [2.75, 3.05) is 17.7 Å². The third kappa shape index (κ3) is 4.75. The highest BCUT2D eigenvalue weighted by Crippen LogP contribution is 2.39. The molecular formula is C19H21NO5S2. The lowest BCUT2D eigenvalue weighted by molar-refractivity contribution is -0.113. The SMILES string of the molecule is CCOC(=O)c1c(NC(=O)CS(=O)(=O)Cc2ccccc2)sc2c1CCC2. The fourth-order valence-electron chi connectivity index (χ4n) is 3.15. The van der Waals surface area contributed by atoms with Crippen LogP contribution >= 0.6 is 11.3 Å². The van der Waals surface area contributed by atoms with E-state index < -0.39 is 27.5 Å². The van der Waals surface area contributed by atoms with E-state index >= 15 is 0 Å². The van der Waals surface area contributed by atoms with Gasteiger partial charge in [0.05, 0.1) is 17.9 Å². The van der Waals surface area contributed by atoms with Crippen molar-refractivity contribution in [2.24, 2.45) is 0 Å². The highest BCUT2D eigenvalue weighted by molar-refractivity contribution is 7.91. The molecule has 1 amide bonds. The molecule has 0 spiro atoms. The van der Waals surface area contributed by atoms with Gasteiger partial charge in [-0.15, -0.1) is 11.3 Å². The largest absolute Gasteiger partial charge is 0.462 e. The minimum atomic E-state index is -3.62. The second-order valence-corrected chi connectivity index (χ2v) is 9.52. The van der Waals surface area contributed by atoms with Gasteiger partial charge in [0.2, 0.25) is 5.91 Å². The summed E-state index contributed by atoms with van der Waals surface area (Å²) in [5.74, 6) is -1.95. The lowest BCUT2D eigenvalue weighted by Gasteiger charge is -2.08. The molecule has 27 heavy (non-hydrogen) atoms. The fourth-order valence-corrected chi connectivity index (χ4v) is 5.72. The first-order chi connectivity index (χ1) is 12.9. The Labute approximate surface area is 162 Å². The molecule has 1 N–H and O–H groups in total. The standard InChI is InChI=1S/C19H21NO5S2/c1-2-25-19(22)17-14-9-6-10-15(14)26-18(17)20-16(21)12-27(23,24)11-13-7-4-3-5-8-13/h3-5,7-8H,2,6,9-12H2,1H3,(H,20,21). The van der Waals surface area contributed by atoms with Crippen LogP contribution in [0.15, 0.2) is 30.3 Å². The molecule has 8 heteroatoms. The molecule has 0 aliphatic heterocycles. The molecular weight excluding hydrogens is 386 g/mol. The zero-order valence-corrected chi connectivity index (χ0v) is 16.6. The minimum Gasteiger partial charge on any atom is -0.462 e.